The minimum absolute atomic E-state index is 0.551. The van der Waals surface area contributed by atoms with Gasteiger partial charge in [0.15, 0.2) is 0 Å². The van der Waals surface area contributed by atoms with Crippen molar-refractivity contribution in [3.63, 3.8) is 0 Å². The van der Waals surface area contributed by atoms with E-state index in [1.807, 2.05) is 30.3 Å². The second-order valence-electron chi connectivity index (χ2n) is 7.02. The Bertz CT molecular complexity index is 1180. The largest absolute Gasteiger partial charge is 0.284 e. The average molecular weight is 410 g/mol. The molecule has 0 radical (unpaired) electrons. The fourth-order valence-corrected chi connectivity index (χ4v) is 4.43. The molecular formula is C23H20ClNO2S. The van der Waals surface area contributed by atoms with Gasteiger partial charge in [-0.1, -0.05) is 54.1 Å². The Balaban J connectivity index is 1.88. The molecule has 0 spiro atoms. The third-order valence-electron chi connectivity index (χ3n) is 4.83. The van der Waals surface area contributed by atoms with Crippen LogP contribution < -0.4 is 4.72 Å². The van der Waals surface area contributed by atoms with Gasteiger partial charge in [0.1, 0.15) is 0 Å². The lowest BCUT2D eigenvalue weighted by Gasteiger charge is -2.13. The normalized spacial score (nSPS) is 14.9. The first-order valence-electron chi connectivity index (χ1n) is 9.06. The summed E-state index contributed by atoms with van der Waals surface area (Å²) in [6.45, 7) is 0. The Morgan fingerprint density at radius 1 is 0.893 bits per heavy atom. The molecular weight excluding hydrogens is 390 g/mol. The van der Waals surface area contributed by atoms with Crippen LogP contribution in [0.15, 0.2) is 66.7 Å². The number of nitrogens with one attached hydrogen (secondary N) is 1. The Kier molecular flexibility index (Phi) is 5.00. The maximum atomic E-state index is 11.6. The van der Waals surface area contributed by atoms with E-state index >= 15 is 0 Å². The summed E-state index contributed by atoms with van der Waals surface area (Å²) < 4.78 is 25.7. The first kappa shape index (κ1) is 18.8. The highest BCUT2D eigenvalue weighted by molar-refractivity contribution is 7.92. The number of rotatable bonds is 3. The van der Waals surface area contributed by atoms with Gasteiger partial charge in [0.25, 0.3) is 0 Å². The van der Waals surface area contributed by atoms with Crippen molar-refractivity contribution in [2.75, 3.05) is 11.0 Å². The van der Waals surface area contributed by atoms with E-state index in [1.165, 1.54) is 16.7 Å². The lowest BCUT2D eigenvalue weighted by Crippen LogP contribution is -2.09. The summed E-state index contributed by atoms with van der Waals surface area (Å²) in [5.74, 6) is 0. The summed E-state index contributed by atoms with van der Waals surface area (Å²) >= 11 is 6.25. The van der Waals surface area contributed by atoms with Gasteiger partial charge in [0.2, 0.25) is 10.0 Å². The number of fused-ring (bicyclic) bond motifs is 2. The first-order chi connectivity index (χ1) is 13.4. The van der Waals surface area contributed by atoms with Crippen molar-refractivity contribution in [3.8, 4) is 0 Å². The lowest BCUT2D eigenvalue weighted by atomic mass is 9.92. The van der Waals surface area contributed by atoms with Crippen molar-refractivity contribution in [3.05, 3.63) is 99.6 Å². The topological polar surface area (TPSA) is 46.2 Å². The van der Waals surface area contributed by atoms with Crippen molar-refractivity contribution in [1.29, 1.82) is 0 Å². The number of hydrogen-bond acceptors (Lipinski definition) is 2. The molecule has 0 bridgehead atoms. The zero-order valence-electron chi connectivity index (χ0n) is 15.4. The molecule has 1 aliphatic rings. The second kappa shape index (κ2) is 7.46. The monoisotopic (exact) mass is 409 g/mol. The molecule has 28 heavy (non-hydrogen) atoms. The molecule has 1 N–H and O–H groups in total. The van der Waals surface area contributed by atoms with Crippen LogP contribution in [0.1, 0.15) is 27.8 Å². The number of hydrogen-bond donors (Lipinski definition) is 1. The Morgan fingerprint density at radius 3 is 2.46 bits per heavy atom. The molecule has 0 atom stereocenters. The van der Waals surface area contributed by atoms with Crippen LogP contribution in [0.2, 0.25) is 5.02 Å². The molecule has 3 aromatic carbocycles. The minimum Gasteiger partial charge on any atom is -0.284 e. The van der Waals surface area contributed by atoms with Gasteiger partial charge in [-0.15, -0.1) is 0 Å². The lowest BCUT2D eigenvalue weighted by molar-refractivity contribution is 0.607. The van der Waals surface area contributed by atoms with Gasteiger partial charge >= 0.3 is 0 Å². The molecule has 0 saturated carbocycles. The standard InChI is InChI=1S/C23H20ClNO2S/c1-28(26,27)25-20-7-4-5-16(13-20)14-23-21-8-3-2-6-17(21)9-10-18-15-19(24)11-12-22(18)23/h2-8,11-15,25H,9-10H2,1H3/b23-14-. The summed E-state index contributed by atoms with van der Waals surface area (Å²) in [4.78, 5) is 0. The molecule has 0 heterocycles. The van der Waals surface area contributed by atoms with Crippen molar-refractivity contribution in [2.45, 2.75) is 12.8 Å². The second-order valence-corrected chi connectivity index (χ2v) is 9.20. The molecule has 0 aliphatic heterocycles. The number of benzene rings is 3. The smallest absolute Gasteiger partial charge is 0.229 e. The maximum Gasteiger partial charge on any atom is 0.229 e. The van der Waals surface area contributed by atoms with E-state index in [1.54, 1.807) is 6.07 Å². The molecule has 0 amide bonds. The van der Waals surface area contributed by atoms with Crippen LogP contribution in [-0.2, 0) is 22.9 Å². The highest BCUT2D eigenvalue weighted by Crippen LogP contribution is 2.36. The van der Waals surface area contributed by atoms with Crippen LogP contribution in [0.5, 0.6) is 0 Å². The van der Waals surface area contributed by atoms with Crippen LogP contribution >= 0.6 is 11.6 Å². The summed E-state index contributed by atoms with van der Waals surface area (Å²) in [6, 6.07) is 21.9. The fraction of sp³-hybridized carbons (Fsp3) is 0.130. The molecule has 0 unspecified atom stereocenters. The van der Waals surface area contributed by atoms with Crippen molar-refractivity contribution in [2.24, 2.45) is 0 Å². The Morgan fingerprint density at radius 2 is 1.64 bits per heavy atom. The number of halogens is 1. The molecule has 5 heteroatoms. The van der Waals surface area contributed by atoms with E-state index in [2.05, 4.69) is 41.1 Å². The van der Waals surface area contributed by atoms with Gasteiger partial charge in [-0.05, 0) is 76.6 Å². The van der Waals surface area contributed by atoms with Crippen molar-refractivity contribution < 1.29 is 8.42 Å². The number of anilines is 1. The zero-order valence-corrected chi connectivity index (χ0v) is 17.0. The summed E-state index contributed by atoms with van der Waals surface area (Å²) in [7, 11) is -3.32. The van der Waals surface area contributed by atoms with E-state index in [0.717, 1.165) is 40.8 Å². The number of sulfonamides is 1. The van der Waals surface area contributed by atoms with Gasteiger partial charge in [-0.25, -0.2) is 8.42 Å². The predicted octanol–water partition coefficient (Wildman–Crippen LogP) is 5.40. The van der Waals surface area contributed by atoms with Crippen LogP contribution in [0.25, 0.3) is 11.6 Å². The molecule has 3 aromatic rings. The van der Waals surface area contributed by atoms with Crippen LogP contribution in [-0.4, -0.2) is 14.7 Å². The molecule has 4 rings (SSSR count). The van der Waals surface area contributed by atoms with Crippen LogP contribution in [0, 0.1) is 0 Å². The van der Waals surface area contributed by atoms with Gasteiger partial charge in [-0.2, -0.15) is 0 Å². The molecule has 142 valence electrons. The SMILES string of the molecule is CS(=O)(=O)Nc1cccc(/C=C2/c3ccccc3CCc3cc(Cl)ccc32)c1. The van der Waals surface area contributed by atoms with E-state index in [-0.39, 0.29) is 0 Å². The average Bonchev–Trinajstić information content (AvgIpc) is 2.78. The summed E-state index contributed by atoms with van der Waals surface area (Å²) in [6.07, 6.45) is 5.15. The van der Waals surface area contributed by atoms with Gasteiger partial charge in [0, 0.05) is 10.7 Å². The van der Waals surface area contributed by atoms with E-state index in [4.69, 9.17) is 11.6 Å². The first-order valence-corrected chi connectivity index (χ1v) is 11.3. The third kappa shape index (κ3) is 4.13. The third-order valence-corrected chi connectivity index (χ3v) is 5.67. The summed E-state index contributed by atoms with van der Waals surface area (Å²) in [5.41, 5.74) is 7.49. The van der Waals surface area contributed by atoms with Gasteiger partial charge in [-0.3, -0.25) is 4.72 Å². The van der Waals surface area contributed by atoms with Crippen molar-refractivity contribution >= 4 is 39.0 Å². The molecule has 0 fully saturated rings. The quantitative estimate of drug-likeness (QED) is 0.629. The number of aryl methyl sites for hydroxylation is 2. The summed E-state index contributed by atoms with van der Waals surface area (Å²) in [5, 5.41) is 0.739. The molecule has 0 aromatic heterocycles. The highest BCUT2D eigenvalue weighted by Gasteiger charge is 2.18. The maximum absolute atomic E-state index is 11.6. The molecule has 1 aliphatic carbocycles. The van der Waals surface area contributed by atoms with E-state index < -0.39 is 10.0 Å². The van der Waals surface area contributed by atoms with Crippen LogP contribution in [0.4, 0.5) is 5.69 Å². The Labute approximate surface area is 170 Å². The van der Waals surface area contributed by atoms with Crippen LogP contribution in [0.3, 0.4) is 0 Å². The minimum atomic E-state index is -3.32. The molecule has 3 nitrogen and oxygen atoms in total. The fourth-order valence-electron chi connectivity index (χ4n) is 3.68. The predicted molar refractivity (Wildman–Crippen MR) is 117 cm³/mol. The Hall–Kier alpha value is -2.56. The molecule has 0 saturated heterocycles. The van der Waals surface area contributed by atoms with E-state index in [0.29, 0.717) is 5.69 Å². The zero-order chi connectivity index (χ0) is 19.7. The highest BCUT2D eigenvalue weighted by atomic mass is 35.5. The van der Waals surface area contributed by atoms with Gasteiger partial charge < -0.3 is 0 Å². The van der Waals surface area contributed by atoms with Gasteiger partial charge in [0.05, 0.1) is 6.26 Å². The van der Waals surface area contributed by atoms with Crippen molar-refractivity contribution in [1.82, 2.24) is 0 Å². The van der Waals surface area contributed by atoms with E-state index in [9.17, 15) is 8.42 Å².